The summed E-state index contributed by atoms with van der Waals surface area (Å²) >= 11 is 0. The molecule has 0 fully saturated rings. The number of hydrogen-bond acceptors (Lipinski definition) is 4. The fourth-order valence-electron chi connectivity index (χ4n) is 1.61. The molecule has 2 rings (SSSR count). The van der Waals surface area contributed by atoms with Crippen molar-refractivity contribution in [2.45, 2.75) is 13.0 Å². The Morgan fingerprint density at radius 1 is 1.26 bits per heavy atom. The molecule has 1 atom stereocenters. The summed E-state index contributed by atoms with van der Waals surface area (Å²) in [6, 6.07) is 8.93. The third kappa shape index (κ3) is 3.28. The molecule has 5 nitrogen and oxygen atoms in total. The first-order valence-corrected chi connectivity index (χ1v) is 5.94. The normalized spacial score (nSPS) is 11.7. The van der Waals surface area contributed by atoms with Gasteiger partial charge in [0.05, 0.1) is 6.20 Å². The van der Waals surface area contributed by atoms with Crippen LogP contribution in [0.15, 0.2) is 48.9 Å². The van der Waals surface area contributed by atoms with Gasteiger partial charge < -0.3 is 4.74 Å². The Kier molecular flexibility index (Phi) is 4.07. The Morgan fingerprint density at radius 3 is 2.74 bits per heavy atom. The molecule has 0 aliphatic rings. The monoisotopic (exact) mass is 257 g/mol. The molecule has 19 heavy (non-hydrogen) atoms. The summed E-state index contributed by atoms with van der Waals surface area (Å²) in [4.78, 5) is 21.7. The van der Waals surface area contributed by atoms with E-state index in [4.69, 9.17) is 4.74 Å². The zero-order valence-corrected chi connectivity index (χ0v) is 10.9. The number of hydrogen-bond donors (Lipinski definition) is 0. The van der Waals surface area contributed by atoms with Gasteiger partial charge in [-0.3, -0.25) is 14.7 Å². The summed E-state index contributed by atoms with van der Waals surface area (Å²) in [7, 11) is 1.67. The van der Waals surface area contributed by atoms with Crippen molar-refractivity contribution >= 4 is 11.7 Å². The van der Waals surface area contributed by atoms with E-state index in [1.165, 1.54) is 4.90 Å². The van der Waals surface area contributed by atoms with Crippen molar-refractivity contribution in [1.82, 2.24) is 9.97 Å². The quantitative estimate of drug-likeness (QED) is 0.839. The maximum Gasteiger partial charge on any atom is 0.268 e. The second kappa shape index (κ2) is 5.95. The van der Waals surface area contributed by atoms with Crippen LogP contribution in [0.4, 0.5) is 5.82 Å². The topological polar surface area (TPSA) is 55.3 Å². The van der Waals surface area contributed by atoms with Crippen molar-refractivity contribution in [3.8, 4) is 5.75 Å². The zero-order chi connectivity index (χ0) is 13.7. The molecule has 0 aliphatic heterocycles. The van der Waals surface area contributed by atoms with Gasteiger partial charge in [-0.25, -0.2) is 4.98 Å². The number of nitrogens with zero attached hydrogens (tertiary/aromatic N) is 3. The van der Waals surface area contributed by atoms with Gasteiger partial charge in [-0.15, -0.1) is 0 Å². The smallest absolute Gasteiger partial charge is 0.268 e. The maximum atomic E-state index is 12.2. The van der Waals surface area contributed by atoms with E-state index in [0.29, 0.717) is 11.6 Å². The Balaban J connectivity index is 2.03. The standard InChI is InChI=1S/C14H15N3O2/c1-11(19-12-6-5-8-15-10-12)14(18)17(2)13-7-3-4-9-16-13/h3-11H,1-2H3/t11-/m1/s1. The first-order chi connectivity index (χ1) is 9.18. The molecule has 0 spiro atoms. The highest BCUT2D eigenvalue weighted by molar-refractivity contribution is 5.95. The van der Waals surface area contributed by atoms with Crippen molar-refractivity contribution in [3.05, 3.63) is 48.9 Å². The summed E-state index contributed by atoms with van der Waals surface area (Å²) in [6.45, 7) is 1.70. The average molecular weight is 257 g/mol. The molecule has 2 aromatic heterocycles. The van der Waals surface area contributed by atoms with Gasteiger partial charge >= 0.3 is 0 Å². The van der Waals surface area contributed by atoms with Crippen molar-refractivity contribution in [3.63, 3.8) is 0 Å². The van der Waals surface area contributed by atoms with Crippen molar-refractivity contribution in [2.75, 3.05) is 11.9 Å². The summed E-state index contributed by atoms with van der Waals surface area (Å²) in [5.74, 6) is 0.995. The van der Waals surface area contributed by atoms with Gasteiger partial charge in [-0.05, 0) is 31.2 Å². The van der Waals surface area contributed by atoms with E-state index in [1.807, 2.05) is 6.07 Å². The summed E-state index contributed by atoms with van der Waals surface area (Å²) in [5, 5.41) is 0. The number of anilines is 1. The van der Waals surface area contributed by atoms with Gasteiger partial charge in [0, 0.05) is 19.4 Å². The van der Waals surface area contributed by atoms with Gasteiger partial charge in [0.25, 0.3) is 5.91 Å². The Hall–Kier alpha value is -2.43. The number of aromatic nitrogens is 2. The van der Waals surface area contributed by atoms with Gasteiger partial charge in [0.2, 0.25) is 0 Å². The predicted octanol–water partition coefficient (Wildman–Crippen LogP) is 1.91. The Bertz CT molecular complexity index is 531. The lowest BCUT2D eigenvalue weighted by atomic mass is 10.3. The molecule has 98 valence electrons. The molecule has 2 aromatic rings. The first kappa shape index (κ1) is 13.0. The second-order valence-corrected chi connectivity index (χ2v) is 4.03. The molecule has 0 unspecified atom stereocenters. The average Bonchev–Trinajstić information content (AvgIpc) is 2.47. The fourth-order valence-corrected chi connectivity index (χ4v) is 1.61. The van der Waals surface area contributed by atoms with E-state index >= 15 is 0 Å². The van der Waals surface area contributed by atoms with Crippen LogP contribution in [0.3, 0.4) is 0 Å². The lowest BCUT2D eigenvalue weighted by molar-refractivity contribution is -0.124. The molecule has 0 aliphatic carbocycles. The minimum absolute atomic E-state index is 0.164. The predicted molar refractivity (Wildman–Crippen MR) is 72.0 cm³/mol. The lowest BCUT2D eigenvalue weighted by Crippen LogP contribution is -2.38. The second-order valence-electron chi connectivity index (χ2n) is 4.03. The largest absolute Gasteiger partial charge is 0.479 e. The summed E-state index contributed by atoms with van der Waals surface area (Å²) < 4.78 is 5.54. The van der Waals surface area contributed by atoms with Crippen LogP contribution in [0, 0.1) is 0 Å². The van der Waals surface area contributed by atoms with Crippen LogP contribution < -0.4 is 9.64 Å². The molecule has 0 N–H and O–H groups in total. The molecular formula is C14H15N3O2. The van der Waals surface area contributed by atoms with Gasteiger partial charge in [-0.2, -0.15) is 0 Å². The number of amides is 1. The van der Waals surface area contributed by atoms with E-state index < -0.39 is 6.10 Å². The highest BCUT2D eigenvalue weighted by Crippen LogP contribution is 2.13. The van der Waals surface area contributed by atoms with Crippen LogP contribution in [-0.2, 0) is 4.79 Å². The molecule has 2 heterocycles. The van der Waals surface area contributed by atoms with E-state index in [1.54, 1.807) is 56.8 Å². The summed E-state index contributed by atoms with van der Waals surface area (Å²) in [5.41, 5.74) is 0. The number of carbonyl (C=O) groups excluding carboxylic acids is 1. The van der Waals surface area contributed by atoms with Gasteiger partial charge in [0.1, 0.15) is 11.6 Å². The molecule has 0 aromatic carbocycles. The Morgan fingerprint density at radius 2 is 2.11 bits per heavy atom. The zero-order valence-electron chi connectivity index (χ0n) is 10.9. The first-order valence-electron chi connectivity index (χ1n) is 5.94. The number of pyridine rings is 2. The van der Waals surface area contributed by atoms with Gasteiger partial charge in [-0.1, -0.05) is 6.07 Å². The minimum atomic E-state index is -0.601. The van der Waals surface area contributed by atoms with Crippen LogP contribution in [0.1, 0.15) is 6.92 Å². The maximum absolute atomic E-state index is 12.2. The third-order valence-electron chi connectivity index (χ3n) is 2.62. The van der Waals surface area contributed by atoms with Crippen LogP contribution >= 0.6 is 0 Å². The SMILES string of the molecule is C[C@@H](Oc1cccnc1)C(=O)N(C)c1ccccn1. The summed E-state index contributed by atoms with van der Waals surface area (Å²) in [6.07, 6.45) is 4.27. The van der Waals surface area contributed by atoms with Crippen molar-refractivity contribution < 1.29 is 9.53 Å². The van der Waals surface area contributed by atoms with E-state index in [-0.39, 0.29) is 5.91 Å². The van der Waals surface area contributed by atoms with Crippen LogP contribution in [-0.4, -0.2) is 29.0 Å². The molecule has 0 bridgehead atoms. The highest BCUT2D eigenvalue weighted by Gasteiger charge is 2.20. The fraction of sp³-hybridized carbons (Fsp3) is 0.214. The van der Waals surface area contributed by atoms with Crippen molar-refractivity contribution in [2.24, 2.45) is 0 Å². The van der Waals surface area contributed by atoms with Crippen LogP contribution in [0.25, 0.3) is 0 Å². The minimum Gasteiger partial charge on any atom is -0.479 e. The molecule has 0 saturated heterocycles. The third-order valence-corrected chi connectivity index (χ3v) is 2.62. The molecule has 0 saturated carbocycles. The number of ether oxygens (including phenoxy) is 1. The number of likely N-dealkylation sites (N-methyl/N-ethyl adjacent to an activating group) is 1. The van der Waals surface area contributed by atoms with Gasteiger partial charge in [0.15, 0.2) is 6.10 Å². The number of rotatable bonds is 4. The molecular weight excluding hydrogens is 242 g/mol. The molecule has 0 radical (unpaired) electrons. The van der Waals surface area contributed by atoms with Crippen molar-refractivity contribution in [1.29, 1.82) is 0 Å². The molecule has 5 heteroatoms. The number of carbonyl (C=O) groups is 1. The van der Waals surface area contributed by atoms with E-state index in [0.717, 1.165) is 0 Å². The molecule has 1 amide bonds. The van der Waals surface area contributed by atoms with Crippen LogP contribution in [0.2, 0.25) is 0 Å². The van der Waals surface area contributed by atoms with Crippen LogP contribution in [0.5, 0.6) is 5.75 Å². The highest BCUT2D eigenvalue weighted by atomic mass is 16.5. The lowest BCUT2D eigenvalue weighted by Gasteiger charge is -2.21. The van der Waals surface area contributed by atoms with E-state index in [2.05, 4.69) is 9.97 Å². The van der Waals surface area contributed by atoms with E-state index in [9.17, 15) is 4.79 Å². The Labute approximate surface area is 111 Å².